The number of benzene rings is 1. The fourth-order valence-electron chi connectivity index (χ4n) is 2.53. The Hall–Kier alpha value is 0.1000. The molecule has 0 radical (unpaired) electrons. The number of sulfone groups is 1. The molecule has 2 nitrogen and oxygen atoms in total. The second-order valence-electron chi connectivity index (χ2n) is 7.66. The quantitative estimate of drug-likeness (QED) is 0.324. The van der Waals surface area contributed by atoms with E-state index in [9.17, 15) is 8.42 Å². The second kappa shape index (κ2) is 11.8. The van der Waals surface area contributed by atoms with E-state index in [1.54, 1.807) is 20.8 Å². The molecule has 1 rings (SSSR count). The van der Waals surface area contributed by atoms with Crippen LogP contribution in [0, 0.1) is 0 Å². The van der Waals surface area contributed by atoms with E-state index in [2.05, 4.69) is 0 Å². The van der Waals surface area contributed by atoms with E-state index in [1.807, 2.05) is 30.0 Å². The summed E-state index contributed by atoms with van der Waals surface area (Å²) < 4.78 is 23.4. The van der Waals surface area contributed by atoms with E-state index in [1.165, 1.54) is 25.7 Å². The number of halogens is 2. The number of hydrogen-bond donors (Lipinski definition) is 0. The standard InChI is InChI=1S/C20H32Cl2O2S2/c1-20(2,3)26(23,24)15-10-8-6-4-5-7-9-14-25-16-17-18(21)12-11-13-19(17)22/h11-13H,4-10,14-16H2,1-3H3. The first kappa shape index (κ1) is 24.1. The van der Waals surface area contributed by atoms with Gasteiger partial charge < -0.3 is 0 Å². The molecule has 0 aliphatic heterocycles. The minimum atomic E-state index is -2.96. The summed E-state index contributed by atoms with van der Waals surface area (Å²) in [5, 5.41) is 1.50. The van der Waals surface area contributed by atoms with Gasteiger partial charge in [-0.15, -0.1) is 0 Å². The predicted molar refractivity (Wildman–Crippen MR) is 118 cm³/mol. The fourth-order valence-corrected chi connectivity index (χ4v) is 5.48. The van der Waals surface area contributed by atoms with Gasteiger partial charge in [-0.05, 0) is 57.1 Å². The van der Waals surface area contributed by atoms with E-state index in [-0.39, 0.29) is 0 Å². The Balaban J connectivity index is 2.00. The Bertz CT molecular complexity index is 617. The molecule has 0 aliphatic carbocycles. The summed E-state index contributed by atoms with van der Waals surface area (Å²) >= 11 is 14.2. The Morgan fingerprint density at radius 1 is 0.885 bits per heavy atom. The average Bonchev–Trinajstić information content (AvgIpc) is 2.53. The minimum absolute atomic E-state index is 0.317. The lowest BCUT2D eigenvalue weighted by Gasteiger charge is -2.18. The van der Waals surface area contributed by atoms with Gasteiger partial charge in [-0.3, -0.25) is 0 Å². The van der Waals surface area contributed by atoms with Crippen LogP contribution in [0.4, 0.5) is 0 Å². The van der Waals surface area contributed by atoms with E-state index in [4.69, 9.17) is 23.2 Å². The van der Waals surface area contributed by atoms with Crippen molar-refractivity contribution in [2.75, 3.05) is 11.5 Å². The number of thioether (sulfide) groups is 1. The highest BCUT2D eigenvalue weighted by Gasteiger charge is 2.27. The van der Waals surface area contributed by atoms with Crippen molar-refractivity contribution in [3.8, 4) is 0 Å². The highest BCUT2D eigenvalue weighted by molar-refractivity contribution is 7.98. The van der Waals surface area contributed by atoms with Crippen LogP contribution in [0.3, 0.4) is 0 Å². The lowest BCUT2D eigenvalue weighted by molar-refractivity contribution is 0.551. The molecule has 0 atom stereocenters. The van der Waals surface area contributed by atoms with Crippen molar-refractivity contribution >= 4 is 44.8 Å². The topological polar surface area (TPSA) is 34.1 Å². The van der Waals surface area contributed by atoms with Crippen LogP contribution in [0.2, 0.25) is 10.0 Å². The monoisotopic (exact) mass is 438 g/mol. The molecule has 0 unspecified atom stereocenters. The van der Waals surface area contributed by atoms with Gasteiger partial charge in [0.25, 0.3) is 0 Å². The van der Waals surface area contributed by atoms with Crippen molar-refractivity contribution in [2.45, 2.75) is 76.2 Å². The predicted octanol–water partition coefficient (Wildman–Crippen LogP) is 7.17. The molecule has 0 fully saturated rings. The zero-order valence-electron chi connectivity index (χ0n) is 16.2. The lowest BCUT2D eigenvalue weighted by Crippen LogP contribution is -2.30. The minimum Gasteiger partial charge on any atom is -0.228 e. The maximum atomic E-state index is 12.0. The first-order valence-corrected chi connectivity index (χ1v) is 12.9. The van der Waals surface area contributed by atoms with Crippen LogP contribution in [0.1, 0.15) is 71.3 Å². The Morgan fingerprint density at radius 3 is 1.92 bits per heavy atom. The van der Waals surface area contributed by atoms with Gasteiger partial charge in [-0.25, -0.2) is 8.42 Å². The lowest BCUT2D eigenvalue weighted by atomic mass is 10.1. The molecule has 0 aliphatic rings. The fraction of sp³-hybridized carbons (Fsp3) is 0.700. The van der Waals surface area contributed by atoms with Crippen LogP contribution < -0.4 is 0 Å². The van der Waals surface area contributed by atoms with Crippen LogP contribution in [-0.2, 0) is 15.6 Å². The molecule has 0 heterocycles. The highest BCUT2D eigenvalue weighted by Crippen LogP contribution is 2.28. The van der Waals surface area contributed by atoms with Gasteiger partial charge in [0.15, 0.2) is 9.84 Å². The number of rotatable bonds is 12. The third kappa shape index (κ3) is 8.86. The summed E-state index contributed by atoms with van der Waals surface area (Å²) in [4.78, 5) is 0. The number of hydrogen-bond acceptors (Lipinski definition) is 3. The van der Waals surface area contributed by atoms with Crippen molar-refractivity contribution < 1.29 is 8.42 Å². The molecule has 0 aromatic heterocycles. The van der Waals surface area contributed by atoms with Crippen LogP contribution in [-0.4, -0.2) is 24.7 Å². The average molecular weight is 440 g/mol. The largest absolute Gasteiger partial charge is 0.228 e. The first-order valence-electron chi connectivity index (χ1n) is 9.38. The van der Waals surface area contributed by atoms with Crippen LogP contribution in [0.5, 0.6) is 0 Å². The maximum Gasteiger partial charge on any atom is 0.155 e. The van der Waals surface area contributed by atoms with Gasteiger partial charge >= 0.3 is 0 Å². The summed E-state index contributed by atoms with van der Waals surface area (Å²) in [5.74, 6) is 2.30. The molecule has 0 spiro atoms. The summed E-state index contributed by atoms with van der Waals surface area (Å²) in [6.45, 7) is 5.33. The molecule has 0 saturated heterocycles. The van der Waals surface area contributed by atoms with E-state index >= 15 is 0 Å². The molecule has 0 saturated carbocycles. The maximum absolute atomic E-state index is 12.0. The Morgan fingerprint density at radius 2 is 1.38 bits per heavy atom. The zero-order valence-corrected chi connectivity index (χ0v) is 19.3. The Kier molecular flexibility index (Phi) is 11.0. The SMILES string of the molecule is CC(C)(C)S(=O)(=O)CCCCCCCCCSCc1c(Cl)cccc1Cl. The van der Waals surface area contributed by atoms with Crippen molar-refractivity contribution in [1.82, 2.24) is 0 Å². The molecular weight excluding hydrogens is 407 g/mol. The smallest absolute Gasteiger partial charge is 0.155 e. The number of unbranched alkanes of at least 4 members (excludes halogenated alkanes) is 6. The molecule has 1 aromatic rings. The van der Waals surface area contributed by atoms with Gasteiger partial charge in [0.1, 0.15) is 0 Å². The molecule has 6 heteroatoms. The first-order chi connectivity index (χ1) is 12.1. The van der Waals surface area contributed by atoms with Gasteiger partial charge in [0, 0.05) is 15.8 Å². The van der Waals surface area contributed by atoms with Crippen LogP contribution >= 0.6 is 35.0 Å². The third-order valence-electron chi connectivity index (χ3n) is 4.44. The summed E-state index contributed by atoms with van der Waals surface area (Å²) in [5.41, 5.74) is 1.03. The van der Waals surface area contributed by atoms with Crippen LogP contribution in [0.15, 0.2) is 18.2 Å². The van der Waals surface area contributed by atoms with Gasteiger partial charge in [0.05, 0.1) is 10.5 Å². The van der Waals surface area contributed by atoms with Gasteiger partial charge in [-0.2, -0.15) is 11.8 Å². The van der Waals surface area contributed by atoms with Crippen molar-refractivity contribution in [2.24, 2.45) is 0 Å². The van der Waals surface area contributed by atoms with Gasteiger partial charge in [0.2, 0.25) is 0 Å². The Labute approximate surface area is 174 Å². The summed E-state index contributed by atoms with van der Waals surface area (Å²) in [7, 11) is -2.96. The zero-order chi connectivity index (χ0) is 19.6. The molecule has 26 heavy (non-hydrogen) atoms. The van der Waals surface area contributed by atoms with E-state index in [0.29, 0.717) is 5.75 Å². The van der Waals surface area contributed by atoms with Crippen LogP contribution in [0.25, 0.3) is 0 Å². The van der Waals surface area contributed by atoms with Crippen molar-refractivity contribution in [3.63, 3.8) is 0 Å². The molecule has 0 N–H and O–H groups in total. The normalized spacial score (nSPS) is 12.5. The molecular formula is C20H32Cl2O2S2. The molecule has 0 bridgehead atoms. The van der Waals surface area contributed by atoms with Crippen molar-refractivity contribution in [1.29, 1.82) is 0 Å². The van der Waals surface area contributed by atoms with Crippen molar-refractivity contribution in [3.05, 3.63) is 33.8 Å². The third-order valence-corrected chi connectivity index (χ3v) is 8.91. The highest BCUT2D eigenvalue weighted by atomic mass is 35.5. The summed E-state index contributed by atoms with van der Waals surface area (Å²) in [6.07, 6.45) is 7.76. The molecule has 0 amide bonds. The van der Waals surface area contributed by atoms with Gasteiger partial charge in [-0.1, -0.05) is 61.4 Å². The molecule has 1 aromatic carbocycles. The second-order valence-corrected chi connectivity index (χ2v) is 12.4. The molecule has 150 valence electrons. The van der Waals surface area contributed by atoms with E-state index < -0.39 is 14.6 Å². The van der Waals surface area contributed by atoms with E-state index in [0.717, 1.165) is 46.4 Å². The summed E-state index contributed by atoms with van der Waals surface area (Å²) in [6, 6.07) is 5.64.